The molecule has 5 aromatic rings. The van der Waals surface area contributed by atoms with Crippen LogP contribution in [-0.2, 0) is 32.6 Å². The maximum Gasteiger partial charge on any atom is 0.240 e. The van der Waals surface area contributed by atoms with Crippen LogP contribution in [0.3, 0.4) is 0 Å². The lowest BCUT2D eigenvalue weighted by atomic mass is 9.91. The standard InChI is InChI=1S/C37H36N2O5S2/c1-26-34(25-45-35-12-5-6-21-38-35)43-37(44-36(26)30-15-13-27(24-40)14-16-30)31-19-17-29(18-20-31)32-9-7-8-28(22-32)23-39-46(41,42)33-10-3-2-4-11-33/h2-22,26,34,36-37,39-40H,23-25H2,1H3. The first kappa shape index (κ1) is 32.1. The van der Waals surface area contributed by atoms with Gasteiger partial charge in [0.2, 0.25) is 10.0 Å². The van der Waals surface area contributed by atoms with Crippen LogP contribution in [0.25, 0.3) is 11.1 Å². The van der Waals surface area contributed by atoms with Crippen LogP contribution in [-0.4, -0.2) is 30.4 Å². The molecule has 236 valence electrons. The average Bonchev–Trinajstić information content (AvgIpc) is 3.11. The minimum atomic E-state index is -3.60. The smallest absolute Gasteiger partial charge is 0.240 e. The molecule has 4 aromatic carbocycles. The van der Waals surface area contributed by atoms with Crippen molar-refractivity contribution in [2.75, 3.05) is 5.75 Å². The average molecular weight is 653 g/mol. The van der Waals surface area contributed by atoms with Gasteiger partial charge in [0.05, 0.1) is 28.7 Å². The lowest BCUT2D eigenvalue weighted by Crippen LogP contribution is -2.38. The topological polar surface area (TPSA) is 97.8 Å². The first-order valence-corrected chi connectivity index (χ1v) is 17.6. The Morgan fingerprint density at radius 3 is 2.24 bits per heavy atom. The monoisotopic (exact) mass is 652 g/mol. The van der Waals surface area contributed by atoms with Gasteiger partial charge in [-0.25, -0.2) is 18.1 Å². The Labute approximate surface area is 274 Å². The largest absolute Gasteiger partial charge is 0.392 e. The number of thioether (sulfide) groups is 1. The highest BCUT2D eigenvalue weighted by atomic mass is 32.2. The Bertz CT molecular complexity index is 1820. The molecule has 0 bridgehead atoms. The zero-order valence-electron chi connectivity index (χ0n) is 25.4. The molecule has 1 aliphatic rings. The van der Waals surface area contributed by atoms with Gasteiger partial charge in [-0.05, 0) is 58.1 Å². The van der Waals surface area contributed by atoms with Gasteiger partial charge in [0.25, 0.3) is 0 Å². The van der Waals surface area contributed by atoms with Gasteiger partial charge >= 0.3 is 0 Å². The summed E-state index contributed by atoms with van der Waals surface area (Å²) in [5, 5.41) is 10.5. The first-order chi connectivity index (χ1) is 22.4. The summed E-state index contributed by atoms with van der Waals surface area (Å²) in [6.07, 6.45) is 0.938. The molecule has 6 rings (SSSR count). The van der Waals surface area contributed by atoms with Crippen molar-refractivity contribution in [3.8, 4) is 11.1 Å². The molecule has 46 heavy (non-hydrogen) atoms. The van der Waals surface area contributed by atoms with Crippen LogP contribution in [0.5, 0.6) is 0 Å². The first-order valence-electron chi connectivity index (χ1n) is 15.2. The quantitative estimate of drug-likeness (QED) is 0.145. The van der Waals surface area contributed by atoms with E-state index in [1.807, 2.05) is 91.0 Å². The van der Waals surface area contributed by atoms with Gasteiger partial charge in [-0.2, -0.15) is 0 Å². The molecule has 0 spiro atoms. The van der Waals surface area contributed by atoms with Crippen molar-refractivity contribution in [1.82, 2.24) is 9.71 Å². The van der Waals surface area contributed by atoms with E-state index in [9.17, 15) is 13.5 Å². The van der Waals surface area contributed by atoms with Gasteiger partial charge in [0.15, 0.2) is 6.29 Å². The van der Waals surface area contributed by atoms with Crippen molar-refractivity contribution in [2.45, 2.75) is 48.5 Å². The Morgan fingerprint density at radius 2 is 1.52 bits per heavy atom. The normalized spacial score (nSPS) is 20.0. The second-order valence-electron chi connectivity index (χ2n) is 11.3. The third-order valence-electron chi connectivity index (χ3n) is 8.12. The zero-order chi connectivity index (χ0) is 31.9. The molecule has 1 aliphatic heterocycles. The number of aromatic nitrogens is 1. The summed E-state index contributed by atoms with van der Waals surface area (Å²) >= 11 is 1.67. The molecule has 4 atom stereocenters. The lowest BCUT2D eigenvalue weighted by molar-refractivity contribution is -0.268. The second-order valence-corrected chi connectivity index (χ2v) is 14.1. The number of aliphatic hydroxyl groups is 1. The minimum absolute atomic E-state index is 0.00497. The third kappa shape index (κ3) is 7.75. The predicted molar refractivity (Wildman–Crippen MR) is 180 cm³/mol. The van der Waals surface area contributed by atoms with Crippen molar-refractivity contribution in [1.29, 1.82) is 0 Å². The highest BCUT2D eigenvalue weighted by Crippen LogP contribution is 2.43. The molecule has 0 aliphatic carbocycles. The molecule has 1 saturated heterocycles. The van der Waals surface area contributed by atoms with Crippen molar-refractivity contribution >= 4 is 21.8 Å². The Balaban J connectivity index is 1.19. The third-order valence-corrected chi connectivity index (χ3v) is 10.6. The van der Waals surface area contributed by atoms with E-state index >= 15 is 0 Å². The number of aliphatic hydroxyl groups excluding tert-OH is 1. The van der Waals surface area contributed by atoms with Gasteiger partial charge < -0.3 is 14.6 Å². The van der Waals surface area contributed by atoms with E-state index < -0.39 is 16.3 Å². The highest BCUT2D eigenvalue weighted by Gasteiger charge is 2.38. The van der Waals surface area contributed by atoms with E-state index in [2.05, 4.69) is 16.6 Å². The minimum Gasteiger partial charge on any atom is -0.392 e. The van der Waals surface area contributed by atoms with Crippen molar-refractivity contribution < 1.29 is 23.0 Å². The molecule has 0 radical (unpaired) electrons. The summed E-state index contributed by atoms with van der Waals surface area (Å²) in [5.74, 6) is 0.802. The van der Waals surface area contributed by atoms with Crippen molar-refractivity contribution in [3.63, 3.8) is 0 Å². The Morgan fingerprint density at radius 1 is 0.783 bits per heavy atom. The van der Waals surface area contributed by atoms with Gasteiger partial charge in [-0.3, -0.25) is 0 Å². The summed E-state index contributed by atoms with van der Waals surface area (Å²) < 4.78 is 41.3. The molecule has 1 aromatic heterocycles. The molecule has 9 heteroatoms. The number of benzene rings is 4. The second kappa shape index (κ2) is 14.7. The van der Waals surface area contributed by atoms with Crippen LogP contribution in [0, 0.1) is 5.92 Å². The van der Waals surface area contributed by atoms with E-state index in [1.165, 1.54) is 0 Å². The van der Waals surface area contributed by atoms with E-state index in [0.29, 0.717) is 0 Å². The van der Waals surface area contributed by atoms with Crippen LogP contribution in [0.1, 0.15) is 41.6 Å². The lowest BCUT2D eigenvalue weighted by Gasteiger charge is -2.41. The van der Waals surface area contributed by atoms with E-state index in [0.717, 1.165) is 44.2 Å². The molecule has 1 fully saturated rings. The predicted octanol–water partition coefficient (Wildman–Crippen LogP) is 7.30. The van der Waals surface area contributed by atoms with Gasteiger partial charge in [-0.15, -0.1) is 11.8 Å². The summed E-state index contributed by atoms with van der Waals surface area (Å²) in [6.45, 7) is 2.33. The van der Waals surface area contributed by atoms with Gasteiger partial charge in [0.1, 0.15) is 0 Å². The zero-order valence-corrected chi connectivity index (χ0v) is 27.0. The summed E-state index contributed by atoms with van der Waals surface area (Å²) in [5.41, 5.74) is 5.65. The maximum atomic E-state index is 12.7. The molecule has 0 saturated carbocycles. The van der Waals surface area contributed by atoms with Crippen molar-refractivity contribution in [2.24, 2.45) is 5.92 Å². The van der Waals surface area contributed by atoms with E-state index in [1.54, 1.807) is 48.3 Å². The number of rotatable bonds is 11. The van der Waals surface area contributed by atoms with Crippen LogP contribution < -0.4 is 4.72 Å². The highest BCUT2D eigenvalue weighted by molar-refractivity contribution is 7.99. The molecule has 4 unspecified atom stereocenters. The van der Waals surface area contributed by atoms with Crippen molar-refractivity contribution in [3.05, 3.63) is 150 Å². The molecule has 2 heterocycles. The Hall–Kier alpha value is -3.83. The maximum absolute atomic E-state index is 12.7. The fourth-order valence-corrected chi connectivity index (χ4v) is 7.53. The van der Waals surface area contributed by atoms with Gasteiger partial charge in [-0.1, -0.05) is 97.9 Å². The number of hydrogen-bond acceptors (Lipinski definition) is 7. The van der Waals surface area contributed by atoms with Crippen LogP contribution in [0.4, 0.5) is 0 Å². The molecule has 2 N–H and O–H groups in total. The van der Waals surface area contributed by atoms with Crippen LogP contribution in [0.2, 0.25) is 0 Å². The number of nitrogens with one attached hydrogen (secondary N) is 1. The van der Waals surface area contributed by atoms with Crippen LogP contribution in [0.15, 0.2) is 137 Å². The number of ether oxygens (including phenoxy) is 2. The Kier molecular flexibility index (Phi) is 10.3. The van der Waals surface area contributed by atoms with E-state index in [-0.39, 0.29) is 36.2 Å². The number of hydrogen-bond donors (Lipinski definition) is 2. The summed E-state index contributed by atoms with van der Waals surface area (Å²) in [6, 6.07) is 38.1. The van der Waals surface area contributed by atoms with Crippen LogP contribution >= 0.6 is 11.8 Å². The number of nitrogens with zero attached hydrogens (tertiary/aromatic N) is 1. The fraction of sp³-hybridized carbons (Fsp3) is 0.216. The fourth-order valence-electron chi connectivity index (χ4n) is 5.46. The van der Waals surface area contributed by atoms with Gasteiger partial charge in [0, 0.05) is 30.0 Å². The number of pyridine rings is 1. The van der Waals surface area contributed by atoms with E-state index in [4.69, 9.17) is 9.47 Å². The SMILES string of the molecule is CC1C(CSc2ccccn2)OC(c2ccc(-c3cccc(CNS(=O)(=O)c4ccccc4)c3)cc2)OC1c1ccc(CO)cc1. The summed E-state index contributed by atoms with van der Waals surface area (Å²) in [4.78, 5) is 4.70. The molecular formula is C37H36N2O5S2. The summed E-state index contributed by atoms with van der Waals surface area (Å²) in [7, 11) is -3.60. The molecular weight excluding hydrogens is 617 g/mol. The number of sulfonamides is 1. The molecule has 7 nitrogen and oxygen atoms in total. The molecule has 0 amide bonds.